The monoisotopic (exact) mass is 254 g/mol. The molecule has 5 heteroatoms. The van der Waals surface area contributed by atoms with Crippen LogP contribution < -0.4 is 5.32 Å². The van der Waals surface area contributed by atoms with Gasteiger partial charge in [0.1, 0.15) is 0 Å². The summed E-state index contributed by atoms with van der Waals surface area (Å²) in [5, 5.41) is 2.47. The summed E-state index contributed by atoms with van der Waals surface area (Å²) in [5.74, 6) is 2.19. The van der Waals surface area contributed by atoms with Crippen LogP contribution in [0.5, 0.6) is 0 Å². The number of carbonyl (C=O) groups is 1. The number of anilines is 1. The van der Waals surface area contributed by atoms with E-state index in [1.807, 2.05) is 0 Å². The van der Waals surface area contributed by atoms with Gasteiger partial charge in [0.15, 0.2) is 6.61 Å². The van der Waals surface area contributed by atoms with Crippen molar-refractivity contribution in [3.63, 3.8) is 0 Å². The summed E-state index contributed by atoms with van der Waals surface area (Å²) >= 11 is 3.22. The molecule has 0 radical (unpaired) electrons. The lowest BCUT2D eigenvalue weighted by Gasteiger charge is -2.03. The van der Waals surface area contributed by atoms with E-state index in [1.165, 1.54) is 6.20 Å². The molecule has 0 bridgehead atoms. The van der Waals surface area contributed by atoms with Gasteiger partial charge in [-0.3, -0.25) is 10.3 Å². The number of terminal acetylenes is 1. The molecule has 72 valence electrons. The Morgan fingerprint density at radius 1 is 1.71 bits per heavy atom. The molecule has 1 aromatic rings. The second-order valence-corrected chi connectivity index (χ2v) is 3.21. The van der Waals surface area contributed by atoms with Gasteiger partial charge in [-0.15, -0.1) is 6.42 Å². The predicted molar refractivity (Wildman–Crippen MR) is 55.7 cm³/mol. The van der Waals surface area contributed by atoms with Crippen LogP contribution in [-0.4, -0.2) is 17.7 Å². The molecule has 0 spiro atoms. The minimum atomic E-state index is -0.595. The number of hydrogen-bond donors (Lipinski definition) is 1. The average Bonchev–Trinajstić information content (AvgIpc) is 2.15. The van der Waals surface area contributed by atoms with E-state index in [2.05, 4.69) is 36.9 Å². The lowest BCUT2D eigenvalue weighted by molar-refractivity contribution is 0.176. The fourth-order valence-corrected chi connectivity index (χ4v) is 1.11. The number of ether oxygens (including phenoxy) is 1. The highest BCUT2D eigenvalue weighted by Crippen LogP contribution is 2.13. The van der Waals surface area contributed by atoms with Crippen LogP contribution in [0.3, 0.4) is 0 Å². The van der Waals surface area contributed by atoms with E-state index in [4.69, 9.17) is 6.42 Å². The van der Waals surface area contributed by atoms with Crippen LogP contribution in [0.25, 0.3) is 0 Å². The molecular weight excluding hydrogens is 248 g/mol. The highest BCUT2D eigenvalue weighted by Gasteiger charge is 2.01. The molecule has 0 aliphatic heterocycles. The van der Waals surface area contributed by atoms with Gasteiger partial charge in [-0.05, 0) is 22.0 Å². The predicted octanol–water partition coefficient (Wildman–Crippen LogP) is 2.03. The van der Waals surface area contributed by atoms with Crippen molar-refractivity contribution in [2.75, 3.05) is 11.9 Å². The first-order valence-corrected chi connectivity index (χ1v) is 4.49. The lowest BCUT2D eigenvalue weighted by Crippen LogP contribution is -2.13. The molecule has 1 aromatic heterocycles. The number of pyridine rings is 1. The van der Waals surface area contributed by atoms with Crippen molar-refractivity contribution >= 4 is 27.7 Å². The molecule has 1 heterocycles. The maximum Gasteiger partial charge on any atom is 0.412 e. The van der Waals surface area contributed by atoms with Gasteiger partial charge in [0.05, 0.1) is 11.9 Å². The first-order valence-electron chi connectivity index (χ1n) is 3.70. The molecule has 0 aliphatic carbocycles. The van der Waals surface area contributed by atoms with E-state index in [0.29, 0.717) is 5.69 Å². The molecule has 4 nitrogen and oxygen atoms in total. The Morgan fingerprint density at radius 3 is 3.14 bits per heavy atom. The smallest absolute Gasteiger partial charge is 0.412 e. The van der Waals surface area contributed by atoms with E-state index >= 15 is 0 Å². The molecule has 0 aliphatic rings. The van der Waals surface area contributed by atoms with Crippen molar-refractivity contribution < 1.29 is 9.53 Å². The van der Waals surface area contributed by atoms with Crippen LogP contribution >= 0.6 is 15.9 Å². The fourth-order valence-electron chi connectivity index (χ4n) is 0.741. The fraction of sp³-hybridized carbons (Fsp3) is 0.111. The maximum atomic E-state index is 11.0. The van der Waals surface area contributed by atoms with Gasteiger partial charge < -0.3 is 4.74 Å². The minimum Gasteiger partial charge on any atom is -0.436 e. The zero-order valence-corrected chi connectivity index (χ0v) is 8.74. The first kappa shape index (κ1) is 10.5. The number of hydrogen-bond acceptors (Lipinski definition) is 3. The van der Waals surface area contributed by atoms with Crippen molar-refractivity contribution in [1.29, 1.82) is 0 Å². The van der Waals surface area contributed by atoms with Gasteiger partial charge >= 0.3 is 6.09 Å². The summed E-state index contributed by atoms with van der Waals surface area (Å²) in [6.45, 7) is -0.0483. The molecule has 0 atom stereocenters. The van der Waals surface area contributed by atoms with E-state index in [-0.39, 0.29) is 6.61 Å². The SMILES string of the molecule is C#CCOC(=O)Nc1cncc(Br)c1. The third-order valence-electron chi connectivity index (χ3n) is 1.24. The zero-order chi connectivity index (χ0) is 10.4. The van der Waals surface area contributed by atoms with Gasteiger partial charge in [-0.1, -0.05) is 5.92 Å². The van der Waals surface area contributed by atoms with Crippen molar-refractivity contribution in [3.05, 3.63) is 22.9 Å². The van der Waals surface area contributed by atoms with Gasteiger partial charge in [0.2, 0.25) is 0 Å². The largest absolute Gasteiger partial charge is 0.436 e. The van der Waals surface area contributed by atoms with Crippen LogP contribution in [0, 0.1) is 12.3 Å². The Kier molecular flexibility index (Phi) is 3.95. The number of amides is 1. The van der Waals surface area contributed by atoms with Gasteiger partial charge in [-0.25, -0.2) is 4.79 Å². The van der Waals surface area contributed by atoms with Crippen molar-refractivity contribution in [1.82, 2.24) is 4.98 Å². The normalized spacial score (nSPS) is 8.86. The van der Waals surface area contributed by atoms with Crippen molar-refractivity contribution in [3.8, 4) is 12.3 Å². The Morgan fingerprint density at radius 2 is 2.50 bits per heavy atom. The molecule has 0 aromatic carbocycles. The highest BCUT2D eigenvalue weighted by molar-refractivity contribution is 9.10. The van der Waals surface area contributed by atoms with E-state index in [0.717, 1.165) is 4.47 Å². The summed E-state index contributed by atoms with van der Waals surface area (Å²) in [7, 11) is 0. The van der Waals surface area contributed by atoms with Crippen molar-refractivity contribution in [2.24, 2.45) is 0 Å². The van der Waals surface area contributed by atoms with E-state index in [9.17, 15) is 4.79 Å². The van der Waals surface area contributed by atoms with Crippen LogP contribution in [-0.2, 0) is 4.74 Å². The van der Waals surface area contributed by atoms with Crippen LogP contribution in [0.1, 0.15) is 0 Å². The summed E-state index contributed by atoms with van der Waals surface area (Å²) in [6, 6.07) is 1.70. The molecule has 1 rings (SSSR count). The molecule has 1 N–H and O–H groups in total. The molecular formula is C9H7BrN2O2. The lowest BCUT2D eigenvalue weighted by atomic mass is 10.4. The zero-order valence-electron chi connectivity index (χ0n) is 7.16. The Balaban J connectivity index is 2.53. The topological polar surface area (TPSA) is 51.2 Å². The Labute approximate surface area is 89.8 Å². The van der Waals surface area contributed by atoms with Gasteiger partial charge in [-0.2, -0.15) is 0 Å². The number of nitrogens with one attached hydrogen (secondary N) is 1. The van der Waals surface area contributed by atoms with Gasteiger partial charge in [0, 0.05) is 10.7 Å². The maximum absolute atomic E-state index is 11.0. The third-order valence-corrected chi connectivity index (χ3v) is 1.67. The summed E-state index contributed by atoms with van der Waals surface area (Å²) < 4.78 is 5.38. The molecule has 14 heavy (non-hydrogen) atoms. The summed E-state index contributed by atoms with van der Waals surface area (Å²) in [4.78, 5) is 14.9. The van der Waals surface area contributed by atoms with Crippen LogP contribution in [0.2, 0.25) is 0 Å². The first-order chi connectivity index (χ1) is 6.72. The molecule has 0 unspecified atom stereocenters. The molecule has 0 saturated heterocycles. The average molecular weight is 255 g/mol. The standard InChI is InChI=1S/C9H7BrN2O2/c1-2-3-14-9(13)12-8-4-7(10)5-11-6-8/h1,4-6H,3H2,(H,12,13). The van der Waals surface area contributed by atoms with Crippen LogP contribution in [0.4, 0.5) is 10.5 Å². The summed E-state index contributed by atoms with van der Waals surface area (Å²) in [6.07, 6.45) is 7.44. The minimum absolute atomic E-state index is 0.0483. The quantitative estimate of drug-likeness (QED) is 0.822. The second kappa shape index (κ2) is 5.25. The van der Waals surface area contributed by atoms with Crippen LogP contribution in [0.15, 0.2) is 22.9 Å². The second-order valence-electron chi connectivity index (χ2n) is 2.30. The molecule has 0 saturated carbocycles. The summed E-state index contributed by atoms with van der Waals surface area (Å²) in [5.41, 5.74) is 0.543. The van der Waals surface area contributed by atoms with Gasteiger partial charge in [0.25, 0.3) is 0 Å². The van der Waals surface area contributed by atoms with E-state index < -0.39 is 6.09 Å². The molecule has 1 amide bonds. The van der Waals surface area contributed by atoms with E-state index in [1.54, 1.807) is 12.3 Å². The number of nitrogens with zero attached hydrogens (tertiary/aromatic N) is 1. The number of rotatable bonds is 2. The Bertz CT molecular complexity index is 373. The Hall–Kier alpha value is -1.54. The number of halogens is 1. The number of carbonyl (C=O) groups excluding carboxylic acids is 1. The number of aromatic nitrogens is 1. The van der Waals surface area contributed by atoms with Crippen molar-refractivity contribution in [2.45, 2.75) is 0 Å². The third kappa shape index (κ3) is 3.46. The molecule has 0 fully saturated rings. The highest BCUT2D eigenvalue weighted by atomic mass is 79.9.